The van der Waals surface area contributed by atoms with Gasteiger partial charge in [0, 0.05) is 31.2 Å². The fourth-order valence-electron chi connectivity index (χ4n) is 3.17. The molecule has 1 saturated heterocycles. The van der Waals surface area contributed by atoms with E-state index in [9.17, 15) is 0 Å². The van der Waals surface area contributed by atoms with Crippen LogP contribution in [-0.2, 0) is 11.2 Å². The van der Waals surface area contributed by atoms with Gasteiger partial charge in [-0.25, -0.2) is 9.97 Å². The molecule has 3 aromatic rings. The lowest BCUT2D eigenvalue weighted by atomic mass is 10.1. The lowest BCUT2D eigenvalue weighted by molar-refractivity contribution is 0.122. The summed E-state index contributed by atoms with van der Waals surface area (Å²) in [7, 11) is 0. The maximum Gasteiger partial charge on any atom is 0.231 e. The van der Waals surface area contributed by atoms with Crippen LogP contribution >= 0.6 is 0 Å². The van der Waals surface area contributed by atoms with Crippen molar-refractivity contribution in [1.29, 1.82) is 0 Å². The quantitative estimate of drug-likeness (QED) is 0.719. The second kappa shape index (κ2) is 8.26. The highest BCUT2D eigenvalue weighted by atomic mass is 16.5. The van der Waals surface area contributed by atoms with Crippen LogP contribution < -0.4 is 10.2 Å². The van der Waals surface area contributed by atoms with Gasteiger partial charge in [-0.15, -0.1) is 0 Å². The first kappa shape index (κ1) is 17.6. The predicted octanol–water partition coefficient (Wildman–Crippen LogP) is 3.34. The Bertz CT molecular complexity index is 893. The number of hydrogen-bond donors (Lipinski definition) is 1. The van der Waals surface area contributed by atoms with Crippen molar-refractivity contribution in [2.75, 3.05) is 36.5 Å². The molecule has 1 fully saturated rings. The van der Waals surface area contributed by atoms with E-state index >= 15 is 0 Å². The minimum absolute atomic E-state index is 0.533. The average Bonchev–Trinajstić information content (AvgIpc) is 2.73. The topological polar surface area (TPSA) is 76.1 Å². The Balaban J connectivity index is 1.61. The van der Waals surface area contributed by atoms with Crippen molar-refractivity contribution in [3.63, 3.8) is 0 Å². The summed E-state index contributed by atoms with van der Waals surface area (Å²) in [6.45, 7) is 5.16. The van der Waals surface area contributed by atoms with Gasteiger partial charge in [0.05, 0.1) is 13.2 Å². The fourth-order valence-corrected chi connectivity index (χ4v) is 3.17. The van der Waals surface area contributed by atoms with Gasteiger partial charge >= 0.3 is 0 Å². The number of aromatic nitrogens is 4. The minimum Gasteiger partial charge on any atom is -0.378 e. The molecule has 1 aliphatic heterocycles. The molecular formula is C20H24N6O. The van der Waals surface area contributed by atoms with E-state index in [-0.39, 0.29) is 0 Å². The molecule has 0 atom stereocenters. The van der Waals surface area contributed by atoms with Gasteiger partial charge < -0.3 is 15.0 Å². The molecule has 0 saturated carbocycles. The standard InChI is InChI=1S/C20H24N6O/c1-2-3-4-15-5-7-16(8-6-15)23-20-24-18-17(21-9-10-22-18)19(25-20)26-11-13-27-14-12-26/h5-10H,2-4,11-14H2,1H3,(H,22,23,24,25). The molecule has 1 aliphatic rings. The number of hydrogen-bond acceptors (Lipinski definition) is 7. The molecule has 1 N–H and O–H groups in total. The Morgan fingerprint density at radius 1 is 1.04 bits per heavy atom. The zero-order valence-electron chi connectivity index (χ0n) is 15.6. The van der Waals surface area contributed by atoms with Crippen LogP contribution in [0.5, 0.6) is 0 Å². The van der Waals surface area contributed by atoms with Gasteiger partial charge in [0.25, 0.3) is 0 Å². The third-order valence-electron chi connectivity index (χ3n) is 4.65. The highest BCUT2D eigenvalue weighted by Crippen LogP contribution is 2.24. The summed E-state index contributed by atoms with van der Waals surface area (Å²) >= 11 is 0. The molecule has 2 aromatic heterocycles. The molecule has 4 rings (SSSR count). The monoisotopic (exact) mass is 364 g/mol. The number of rotatable bonds is 6. The van der Waals surface area contributed by atoms with Crippen molar-refractivity contribution in [1.82, 2.24) is 19.9 Å². The lowest BCUT2D eigenvalue weighted by Crippen LogP contribution is -2.37. The molecule has 0 bridgehead atoms. The molecule has 140 valence electrons. The molecule has 7 heteroatoms. The van der Waals surface area contributed by atoms with E-state index < -0.39 is 0 Å². The Morgan fingerprint density at radius 3 is 2.59 bits per heavy atom. The summed E-state index contributed by atoms with van der Waals surface area (Å²) in [5, 5.41) is 3.31. The number of fused-ring (bicyclic) bond motifs is 1. The summed E-state index contributed by atoms with van der Waals surface area (Å²) in [4.78, 5) is 20.3. The minimum atomic E-state index is 0.533. The summed E-state index contributed by atoms with van der Waals surface area (Å²) in [6, 6.07) is 8.46. The van der Waals surface area contributed by atoms with Crippen molar-refractivity contribution < 1.29 is 4.74 Å². The zero-order chi connectivity index (χ0) is 18.5. The number of anilines is 3. The van der Waals surface area contributed by atoms with Crippen molar-refractivity contribution in [2.45, 2.75) is 26.2 Å². The number of benzene rings is 1. The van der Waals surface area contributed by atoms with E-state index in [0.717, 1.165) is 36.5 Å². The first-order valence-electron chi connectivity index (χ1n) is 9.51. The number of ether oxygens (including phenoxy) is 1. The fraction of sp³-hybridized carbons (Fsp3) is 0.400. The Kier molecular flexibility index (Phi) is 5.39. The molecule has 7 nitrogen and oxygen atoms in total. The van der Waals surface area contributed by atoms with Gasteiger partial charge in [-0.1, -0.05) is 25.5 Å². The van der Waals surface area contributed by atoms with Crippen molar-refractivity contribution in [3.05, 3.63) is 42.2 Å². The Hall–Kier alpha value is -2.80. The second-order valence-electron chi connectivity index (χ2n) is 6.62. The van der Waals surface area contributed by atoms with Crippen LogP contribution in [0.1, 0.15) is 25.3 Å². The van der Waals surface area contributed by atoms with Crippen molar-refractivity contribution in [3.8, 4) is 0 Å². The molecule has 27 heavy (non-hydrogen) atoms. The van der Waals surface area contributed by atoms with Gasteiger partial charge in [-0.2, -0.15) is 9.97 Å². The van der Waals surface area contributed by atoms with Crippen LogP contribution in [0, 0.1) is 0 Å². The van der Waals surface area contributed by atoms with E-state index in [1.807, 2.05) is 0 Å². The first-order chi connectivity index (χ1) is 13.3. The third-order valence-corrected chi connectivity index (χ3v) is 4.65. The molecule has 0 radical (unpaired) electrons. The lowest BCUT2D eigenvalue weighted by Gasteiger charge is -2.28. The van der Waals surface area contributed by atoms with Gasteiger partial charge in [0.2, 0.25) is 5.95 Å². The van der Waals surface area contributed by atoms with E-state index in [1.165, 1.54) is 18.4 Å². The van der Waals surface area contributed by atoms with Crippen LogP contribution in [0.4, 0.5) is 17.5 Å². The van der Waals surface area contributed by atoms with Crippen LogP contribution in [0.2, 0.25) is 0 Å². The second-order valence-corrected chi connectivity index (χ2v) is 6.62. The number of nitrogens with zero attached hydrogens (tertiary/aromatic N) is 5. The molecule has 0 spiro atoms. The molecule has 1 aromatic carbocycles. The van der Waals surface area contributed by atoms with Gasteiger partial charge in [-0.05, 0) is 30.5 Å². The predicted molar refractivity (Wildman–Crippen MR) is 106 cm³/mol. The summed E-state index contributed by atoms with van der Waals surface area (Å²) < 4.78 is 5.46. The van der Waals surface area contributed by atoms with E-state index in [0.29, 0.717) is 24.8 Å². The summed E-state index contributed by atoms with van der Waals surface area (Å²) in [6.07, 6.45) is 6.86. The molecule has 0 aliphatic carbocycles. The molecular weight excluding hydrogens is 340 g/mol. The van der Waals surface area contributed by atoms with E-state index in [1.54, 1.807) is 12.4 Å². The normalized spacial score (nSPS) is 14.5. The number of aryl methyl sites for hydroxylation is 1. The van der Waals surface area contributed by atoms with Crippen molar-refractivity contribution >= 4 is 28.6 Å². The van der Waals surface area contributed by atoms with Crippen LogP contribution in [0.3, 0.4) is 0 Å². The third kappa shape index (κ3) is 4.14. The smallest absolute Gasteiger partial charge is 0.231 e. The number of unbranched alkanes of at least 4 members (excludes halogenated alkanes) is 1. The van der Waals surface area contributed by atoms with Crippen LogP contribution in [-0.4, -0.2) is 46.2 Å². The largest absolute Gasteiger partial charge is 0.378 e. The zero-order valence-corrected chi connectivity index (χ0v) is 15.6. The maximum atomic E-state index is 5.46. The summed E-state index contributed by atoms with van der Waals surface area (Å²) in [5.74, 6) is 1.34. The molecule has 0 unspecified atom stereocenters. The SMILES string of the molecule is CCCCc1ccc(Nc2nc(N3CCOCC3)c3nccnc3n2)cc1. The number of morpholine rings is 1. The Labute approximate surface area is 158 Å². The van der Waals surface area contributed by atoms with Crippen molar-refractivity contribution in [2.24, 2.45) is 0 Å². The molecule has 0 amide bonds. The Morgan fingerprint density at radius 2 is 1.81 bits per heavy atom. The van der Waals surface area contributed by atoms with Gasteiger partial charge in [0.15, 0.2) is 17.0 Å². The maximum absolute atomic E-state index is 5.46. The van der Waals surface area contributed by atoms with Gasteiger partial charge in [-0.3, -0.25) is 0 Å². The highest BCUT2D eigenvalue weighted by Gasteiger charge is 2.18. The van der Waals surface area contributed by atoms with E-state index in [2.05, 4.69) is 56.4 Å². The van der Waals surface area contributed by atoms with E-state index in [4.69, 9.17) is 9.72 Å². The van der Waals surface area contributed by atoms with Gasteiger partial charge in [0.1, 0.15) is 0 Å². The van der Waals surface area contributed by atoms with Crippen LogP contribution in [0.25, 0.3) is 11.2 Å². The van der Waals surface area contributed by atoms with Crippen LogP contribution in [0.15, 0.2) is 36.7 Å². The highest BCUT2D eigenvalue weighted by molar-refractivity contribution is 5.84. The average molecular weight is 364 g/mol. The molecule has 3 heterocycles. The summed E-state index contributed by atoms with van der Waals surface area (Å²) in [5.41, 5.74) is 3.63. The first-order valence-corrected chi connectivity index (χ1v) is 9.51. The number of nitrogens with one attached hydrogen (secondary N) is 1.